The van der Waals surface area contributed by atoms with E-state index in [9.17, 15) is 4.79 Å². The number of hydrogen-bond donors (Lipinski definition) is 0. The summed E-state index contributed by atoms with van der Waals surface area (Å²) in [6, 6.07) is 0. The molecule has 192 valence electrons. The van der Waals surface area contributed by atoms with Gasteiger partial charge in [0, 0.05) is 6.61 Å². The molecular formula is C25H50O7. The first-order valence-electron chi connectivity index (χ1n) is 12.9. The van der Waals surface area contributed by atoms with E-state index in [-0.39, 0.29) is 12.4 Å². The maximum atomic E-state index is 11.1. The third-order valence-electron chi connectivity index (χ3n) is 4.89. The molecule has 0 atom stereocenters. The number of carbonyl (C=O) groups is 1. The molecule has 0 aliphatic carbocycles. The number of hydrogen-bond acceptors (Lipinski definition) is 7. The summed E-state index contributed by atoms with van der Waals surface area (Å²) in [4.78, 5) is 11.1. The summed E-state index contributed by atoms with van der Waals surface area (Å²) in [6.07, 6.45) is 13.7. The monoisotopic (exact) mass is 462 g/mol. The molecule has 7 heteroatoms. The predicted octanol–water partition coefficient (Wildman–Crippen LogP) is 4.94. The first kappa shape index (κ1) is 31.3. The van der Waals surface area contributed by atoms with Crippen LogP contribution in [0.1, 0.15) is 84.5 Å². The van der Waals surface area contributed by atoms with E-state index in [2.05, 4.69) is 6.92 Å². The van der Waals surface area contributed by atoms with Gasteiger partial charge in [0.1, 0.15) is 0 Å². The van der Waals surface area contributed by atoms with Crippen LogP contribution in [-0.2, 0) is 33.2 Å². The van der Waals surface area contributed by atoms with Gasteiger partial charge in [-0.3, -0.25) is 4.79 Å². The van der Waals surface area contributed by atoms with E-state index in [1.54, 1.807) is 6.92 Å². The minimum atomic E-state index is -0.232. The quantitative estimate of drug-likeness (QED) is 0.126. The summed E-state index contributed by atoms with van der Waals surface area (Å²) in [6.45, 7) is 10.0. The Morgan fingerprint density at radius 1 is 0.469 bits per heavy atom. The van der Waals surface area contributed by atoms with E-state index in [1.165, 1.54) is 57.8 Å². The van der Waals surface area contributed by atoms with E-state index >= 15 is 0 Å². The highest BCUT2D eigenvalue weighted by molar-refractivity contribution is 5.69. The van der Waals surface area contributed by atoms with Gasteiger partial charge in [0.25, 0.3) is 0 Å². The minimum absolute atomic E-state index is 0.232. The van der Waals surface area contributed by atoms with Gasteiger partial charge in [0.2, 0.25) is 0 Å². The summed E-state index contributed by atoms with van der Waals surface area (Å²) >= 11 is 0. The molecule has 0 spiro atoms. The molecule has 0 rings (SSSR count). The van der Waals surface area contributed by atoms with Gasteiger partial charge in [-0.1, -0.05) is 64.7 Å². The lowest BCUT2D eigenvalue weighted by atomic mass is 10.1. The molecule has 0 aliphatic rings. The molecule has 32 heavy (non-hydrogen) atoms. The molecule has 7 nitrogen and oxygen atoms in total. The van der Waals surface area contributed by atoms with Crippen LogP contribution in [-0.4, -0.2) is 78.6 Å². The van der Waals surface area contributed by atoms with Crippen LogP contribution in [0.4, 0.5) is 0 Å². The number of esters is 1. The second-order valence-corrected chi connectivity index (χ2v) is 7.80. The zero-order chi connectivity index (χ0) is 23.4. The van der Waals surface area contributed by atoms with E-state index in [0.29, 0.717) is 66.1 Å². The Morgan fingerprint density at radius 2 is 0.844 bits per heavy atom. The molecule has 0 radical (unpaired) electrons. The number of rotatable bonds is 27. The fourth-order valence-electron chi connectivity index (χ4n) is 3.06. The average Bonchev–Trinajstić information content (AvgIpc) is 2.79. The van der Waals surface area contributed by atoms with Gasteiger partial charge in [-0.25, -0.2) is 0 Å². The van der Waals surface area contributed by atoms with Gasteiger partial charge in [0.05, 0.1) is 72.5 Å². The Kier molecular flexibility index (Phi) is 27.7. The number of unbranched alkanes of at least 4 members (excludes halogenated alkanes) is 9. The fourth-order valence-corrected chi connectivity index (χ4v) is 3.06. The zero-order valence-corrected chi connectivity index (χ0v) is 20.9. The van der Waals surface area contributed by atoms with Crippen LogP contribution in [0.25, 0.3) is 0 Å². The summed E-state index contributed by atoms with van der Waals surface area (Å²) in [5.74, 6) is -0.232. The van der Waals surface area contributed by atoms with Crippen molar-refractivity contribution < 1.29 is 33.2 Å². The van der Waals surface area contributed by atoms with Crippen LogP contribution in [0.5, 0.6) is 0 Å². The smallest absolute Gasteiger partial charge is 0.308 e. The highest BCUT2D eigenvalue weighted by Crippen LogP contribution is 2.10. The molecule has 0 unspecified atom stereocenters. The molecule has 0 aromatic heterocycles. The second-order valence-electron chi connectivity index (χ2n) is 7.80. The van der Waals surface area contributed by atoms with Gasteiger partial charge in [0.15, 0.2) is 0 Å². The highest BCUT2D eigenvalue weighted by Gasteiger charge is 2.00. The van der Waals surface area contributed by atoms with Crippen molar-refractivity contribution in [3.63, 3.8) is 0 Å². The van der Waals surface area contributed by atoms with Crippen LogP contribution < -0.4 is 0 Å². The van der Waals surface area contributed by atoms with Gasteiger partial charge in [-0.05, 0) is 13.3 Å². The first-order valence-corrected chi connectivity index (χ1v) is 12.9. The third-order valence-corrected chi connectivity index (χ3v) is 4.89. The molecule has 0 N–H and O–H groups in total. The molecular weight excluding hydrogens is 412 g/mol. The van der Waals surface area contributed by atoms with Crippen molar-refractivity contribution >= 4 is 5.97 Å². The van der Waals surface area contributed by atoms with E-state index in [1.807, 2.05) is 0 Å². The summed E-state index contributed by atoms with van der Waals surface area (Å²) in [5.41, 5.74) is 0. The Labute approximate surface area is 196 Å². The Morgan fingerprint density at radius 3 is 1.28 bits per heavy atom. The maximum Gasteiger partial charge on any atom is 0.308 e. The van der Waals surface area contributed by atoms with E-state index in [4.69, 9.17) is 28.4 Å². The van der Waals surface area contributed by atoms with Crippen LogP contribution >= 0.6 is 0 Å². The summed E-state index contributed by atoms with van der Waals surface area (Å²) < 4.78 is 32.1. The minimum Gasteiger partial charge on any atom is -0.466 e. The van der Waals surface area contributed by atoms with Gasteiger partial charge < -0.3 is 28.4 Å². The van der Waals surface area contributed by atoms with E-state index < -0.39 is 0 Å². The Hall–Kier alpha value is -0.730. The Bertz CT molecular complexity index is 366. The van der Waals surface area contributed by atoms with Crippen LogP contribution in [0.15, 0.2) is 0 Å². The van der Waals surface area contributed by atoms with E-state index in [0.717, 1.165) is 13.0 Å². The van der Waals surface area contributed by atoms with Crippen molar-refractivity contribution in [2.24, 2.45) is 0 Å². The van der Waals surface area contributed by atoms with Crippen LogP contribution in [0.2, 0.25) is 0 Å². The normalized spacial score (nSPS) is 11.2. The number of ether oxygens (including phenoxy) is 6. The molecule has 0 saturated carbocycles. The molecule has 0 aliphatic heterocycles. The van der Waals surface area contributed by atoms with Crippen molar-refractivity contribution in [1.82, 2.24) is 0 Å². The van der Waals surface area contributed by atoms with Crippen molar-refractivity contribution in [2.45, 2.75) is 84.5 Å². The number of carbonyl (C=O) groups excluding carboxylic acids is 1. The van der Waals surface area contributed by atoms with Gasteiger partial charge in [-0.15, -0.1) is 0 Å². The standard InChI is InChI=1S/C25H50O7/c1-3-5-6-7-8-9-10-11-12-13-15-27-17-19-29-21-23-31-24-22-30-20-18-28-16-14-25(26)32-4-2/h3-24H2,1-2H3. The first-order chi connectivity index (χ1) is 15.8. The SMILES string of the molecule is CCCCCCCCCCCCOCCOCCOCCOCCOCCC(=O)OCC. The molecule has 0 aromatic carbocycles. The van der Waals surface area contributed by atoms with Crippen molar-refractivity contribution in [1.29, 1.82) is 0 Å². The topological polar surface area (TPSA) is 72.5 Å². The Balaban J connectivity index is 3.03. The summed E-state index contributed by atoms with van der Waals surface area (Å²) in [7, 11) is 0. The predicted molar refractivity (Wildman–Crippen MR) is 127 cm³/mol. The van der Waals surface area contributed by atoms with Gasteiger partial charge in [-0.2, -0.15) is 0 Å². The highest BCUT2D eigenvalue weighted by atomic mass is 16.6. The second kappa shape index (κ2) is 28.3. The van der Waals surface area contributed by atoms with Gasteiger partial charge >= 0.3 is 5.97 Å². The van der Waals surface area contributed by atoms with Crippen molar-refractivity contribution in [2.75, 3.05) is 72.7 Å². The van der Waals surface area contributed by atoms with Crippen molar-refractivity contribution in [3.8, 4) is 0 Å². The molecule has 0 saturated heterocycles. The molecule has 0 heterocycles. The van der Waals surface area contributed by atoms with Crippen LogP contribution in [0, 0.1) is 0 Å². The molecule has 0 fully saturated rings. The molecule has 0 bridgehead atoms. The summed E-state index contributed by atoms with van der Waals surface area (Å²) in [5, 5.41) is 0. The molecule has 0 amide bonds. The lowest BCUT2D eigenvalue weighted by molar-refractivity contribution is -0.144. The molecule has 0 aromatic rings. The lowest BCUT2D eigenvalue weighted by Crippen LogP contribution is -2.14. The lowest BCUT2D eigenvalue weighted by Gasteiger charge is -2.08. The van der Waals surface area contributed by atoms with Crippen molar-refractivity contribution in [3.05, 3.63) is 0 Å². The van der Waals surface area contributed by atoms with Crippen LogP contribution in [0.3, 0.4) is 0 Å². The zero-order valence-electron chi connectivity index (χ0n) is 20.9. The average molecular weight is 463 g/mol. The third kappa shape index (κ3) is 27.3. The maximum absolute atomic E-state index is 11.1. The largest absolute Gasteiger partial charge is 0.466 e. The fraction of sp³-hybridized carbons (Fsp3) is 0.960.